The summed E-state index contributed by atoms with van der Waals surface area (Å²) in [6, 6.07) is 0.239. The van der Waals surface area contributed by atoms with Gasteiger partial charge >= 0.3 is 0 Å². The molecule has 3 N–H and O–H groups in total. The number of hydrogen-bond donors (Lipinski definition) is 2. The number of piperidine rings is 2. The SMILES string of the molecule is CS(=O)(=O)c1cnc(N2CCC(N)CC2)nc1[C@H]1CCCNC1. The van der Waals surface area contributed by atoms with E-state index in [-0.39, 0.29) is 16.9 Å². The average Bonchev–Trinajstić information content (AvgIpc) is 2.55. The number of nitrogens with zero attached hydrogens (tertiary/aromatic N) is 3. The summed E-state index contributed by atoms with van der Waals surface area (Å²) in [7, 11) is -3.33. The number of nitrogens with two attached hydrogens (primary N) is 1. The minimum atomic E-state index is -3.33. The first kappa shape index (κ1) is 16.6. The lowest BCUT2D eigenvalue weighted by molar-refractivity contribution is 0.446. The number of nitrogens with one attached hydrogen (secondary N) is 1. The summed E-state index contributed by atoms with van der Waals surface area (Å²) in [6.45, 7) is 3.39. The zero-order valence-electron chi connectivity index (χ0n) is 13.5. The molecule has 0 spiro atoms. The highest BCUT2D eigenvalue weighted by Crippen LogP contribution is 2.29. The Morgan fingerprint density at radius 1 is 1.30 bits per heavy atom. The van der Waals surface area contributed by atoms with Crippen molar-refractivity contribution in [3.8, 4) is 0 Å². The van der Waals surface area contributed by atoms with E-state index in [1.165, 1.54) is 12.5 Å². The van der Waals surface area contributed by atoms with Crippen LogP contribution in [-0.2, 0) is 9.84 Å². The summed E-state index contributed by atoms with van der Waals surface area (Å²) >= 11 is 0. The maximum Gasteiger partial charge on any atom is 0.225 e. The van der Waals surface area contributed by atoms with Gasteiger partial charge in [0.2, 0.25) is 5.95 Å². The largest absolute Gasteiger partial charge is 0.341 e. The molecule has 3 heterocycles. The lowest BCUT2D eigenvalue weighted by atomic mass is 9.96. The van der Waals surface area contributed by atoms with Gasteiger partial charge in [-0.05, 0) is 32.2 Å². The second-order valence-electron chi connectivity index (χ2n) is 6.56. The molecule has 0 unspecified atom stereocenters. The van der Waals surface area contributed by atoms with Crippen LogP contribution in [0.2, 0.25) is 0 Å². The Hall–Kier alpha value is -1.25. The molecule has 3 rings (SSSR count). The second kappa shape index (κ2) is 6.70. The highest BCUT2D eigenvalue weighted by atomic mass is 32.2. The molecule has 7 nitrogen and oxygen atoms in total. The van der Waals surface area contributed by atoms with E-state index in [9.17, 15) is 8.42 Å². The molecule has 1 atom stereocenters. The Labute approximate surface area is 137 Å². The van der Waals surface area contributed by atoms with Crippen molar-refractivity contribution in [1.29, 1.82) is 0 Å². The van der Waals surface area contributed by atoms with Crippen molar-refractivity contribution in [3.63, 3.8) is 0 Å². The molecule has 0 saturated carbocycles. The highest BCUT2D eigenvalue weighted by molar-refractivity contribution is 7.90. The van der Waals surface area contributed by atoms with Gasteiger partial charge in [-0.25, -0.2) is 18.4 Å². The van der Waals surface area contributed by atoms with Gasteiger partial charge < -0.3 is 16.0 Å². The first-order valence-corrected chi connectivity index (χ1v) is 10.1. The number of anilines is 1. The van der Waals surface area contributed by atoms with Crippen LogP contribution in [0.25, 0.3) is 0 Å². The molecular weight excluding hydrogens is 314 g/mol. The van der Waals surface area contributed by atoms with Gasteiger partial charge in [-0.15, -0.1) is 0 Å². The van der Waals surface area contributed by atoms with Crippen molar-refractivity contribution < 1.29 is 8.42 Å². The molecule has 0 amide bonds. The van der Waals surface area contributed by atoms with Crippen molar-refractivity contribution in [2.24, 2.45) is 5.73 Å². The molecule has 1 aromatic rings. The number of sulfone groups is 1. The van der Waals surface area contributed by atoms with Crippen LogP contribution in [0.1, 0.15) is 37.3 Å². The Morgan fingerprint density at radius 3 is 2.65 bits per heavy atom. The van der Waals surface area contributed by atoms with Crippen LogP contribution < -0.4 is 16.0 Å². The predicted molar refractivity (Wildman–Crippen MR) is 89.4 cm³/mol. The van der Waals surface area contributed by atoms with Gasteiger partial charge in [-0.2, -0.15) is 0 Å². The molecular formula is C15H25N5O2S. The van der Waals surface area contributed by atoms with Crippen LogP contribution in [0.5, 0.6) is 0 Å². The van der Waals surface area contributed by atoms with Gasteiger partial charge in [0.05, 0.1) is 11.9 Å². The fraction of sp³-hybridized carbons (Fsp3) is 0.733. The second-order valence-corrected chi connectivity index (χ2v) is 8.54. The molecule has 0 bridgehead atoms. The van der Waals surface area contributed by atoms with Crippen molar-refractivity contribution >= 4 is 15.8 Å². The lowest BCUT2D eigenvalue weighted by Crippen LogP contribution is -2.40. The fourth-order valence-corrected chi connectivity index (χ4v) is 4.13. The third-order valence-electron chi connectivity index (χ3n) is 4.68. The first-order chi connectivity index (χ1) is 10.9. The minimum Gasteiger partial charge on any atom is -0.341 e. The highest BCUT2D eigenvalue weighted by Gasteiger charge is 2.27. The van der Waals surface area contributed by atoms with Gasteiger partial charge in [0.1, 0.15) is 4.90 Å². The molecule has 128 valence electrons. The van der Waals surface area contributed by atoms with Crippen LogP contribution in [-0.4, -0.2) is 56.9 Å². The standard InChI is InChI=1S/C15H25N5O2S/c1-23(21,22)13-10-18-15(20-7-4-12(16)5-8-20)19-14(13)11-3-2-6-17-9-11/h10-12,17H,2-9,16H2,1H3/t11-/m0/s1. The molecule has 0 aliphatic carbocycles. The van der Waals surface area contributed by atoms with E-state index in [2.05, 4.69) is 20.2 Å². The summed E-state index contributed by atoms with van der Waals surface area (Å²) in [4.78, 5) is 11.4. The van der Waals surface area contributed by atoms with Gasteiger partial charge in [0.15, 0.2) is 9.84 Å². The van der Waals surface area contributed by atoms with Crippen molar-refractivity contribution in [1.82, 2.24) is 15.3 Å². The van der Waals surface area contributed by atoms with Gasteiger partial charge in [-0.3, -0.25) is 0 Å². The van der Waals surface area contributed by atoms with E-state index in [4.69, 9.17) is 5.73 Å². The third-order valence-corrected chi connectivity index (χ3v) is 5.79. The van der Waals surface area contributed by atoms with E-state index in [0.29, 0.717) is 11.6 Å². The van der Waals surface area contributed by atoms with Gasteiger partial charge in [0.25, 0.3) is 0 Å². The van der Waals surface area contributed by atoms with Crippen LogP contribution in [0.15, 0.2) is 11.1 Å². The van der Waals surface area contributed by atoms with Crippen molar-refractivity contribution in [2.75, 3.05) is 37.3 Å². The average molecular weight is 339 g/mol. The summed E-state index contributed by atoms with van der Waals surface area (Å²) in [5.74, 6) is 0.757. The molecule has 2 saturated heterocycles. The maximum absolute atomic E-state index is 12.1. The Morgan fingerprint density at radius 2 is 2.04 bits per heavy atom. The third kappa shape index (κ3) is 3.81. The first-order valence-electron chi connectivity index (χ1n) is 8.23. The monoisotopic (exact) mass is 339 g/mol. The topological polar surface area (TPSA) is 101 Å². The van der Waals surface area contributed by atoms with Gasteiger partial charge in [0, 0.05) is 37.8 Å². The van der Waals surface area contributed by atoms with E-state index < -0.39 is 9.84 Å². The quantitative estimate of drug-likeness (QED) is 0.815. The van der Waals surface area contributed by atoms with E-state index in [0.717, 1.165) is 51.9 Å². The predicted octanol–water partition coefficient (Wildman–Crippen LogP) is 0.275. The summed E-state index contributed by atoms with van der Waals surface area (Å²) in [5.41, 5.74) is 6.61. The Kier molecular flexibility index (Phi) is 4.84. The lowest BCUT2D eigenvalue weighted by Gasteiger charge is -2.31. The summed E-state index contributed by atoms with van der Waals surface area (Å²) < 4.78 is 24.2. The van der Waals surface area contributed by atoms with Crippen molar-refractivity contribution in [2.45, 2.75) is 42.5 Å². The van der Waals surface area contributed by atoms with E-state index in [1.807, 2.05) is 0 Å². The molecule has 0 radical (unpaired) electrons. The van der Waals surface area contributed by atoms with E-state index >= 15 is 0 Å². The zero-order chi connectivity index (χ0) is 16.4. The van der Waals surface area contributed by atoms with Gasteiger partial charge in [-0.1, -0.05) is 0 Å². The van der Waals surface area contributed by atoms with Crippen LogP contribution in [0, 0.1) is 0 Å². The molecule has 8 heteroatoms. The van der Waals surface area contributed by atoms with Crippen LogP contribution in [0.4, 0.5) is 5.95 Å². The maximum atomic E-state index is 12.1. The Balaban J connectivity index is 1.94. The number of rotatable bonds is 3. The molecule has 1 aromatic heterocycles. The summed E-state index contributed by atoms with van der Waals surface area (Å²) in [6.07, 6.45) is 6.53. The normalized spacial score (nSPS) is 23.9. The fourth-order valence-electron chi connectivity index (χ4n) is 3.29. The molecule has 2 aliphatic heterocycles. The molecule has 2 fully saturated rings. The Bertz CT molecular complexity index is 650. The number of hydrogen-bond acceptors (Lipinski definition) is 7. The molecule has 2 aliphatic rings. The molecule has 23 heavy (non-hydrogen) atoms. The van der Waals surface area contributed by atoms with Crippen LogP contribution in [0.3, 0.4) is 0 Å². The van der Waals surface area contributed by atoms with E-state index in [1.54, 1.807) is 0 Å². The minimum absolute atomic E-state index is 0.127. The zero-order valence-corrected chi connectivity index (χ0v) is 14.3. The smallest absolute Gasteiger partial charge is 0.225 e. The molecule has 0 aromatic carbocycles. The van der Waals surface area contributed by atoms with Crippen molar-refractivity contribution in [3.05, 3.63) is 11.9 Å². The van der Waals surface area contributed by atoms with Crippen LogP contribution >= 0.6 is 0 Å². The number of aromatic nitrogens is 2. The summed E-state index contributed by atoms with van der Waals surface area (Å²) in [5, 5.41) is 3.33.